The molecule has 122 valence electrons. The second kappa shape index (κ2) is 7.07. The van der Waals surface area contributed by atoms with Crippen LogP contribution in [0, 0.1) is 5.82 Å². The Bertz CT molecular complexity index is 881. The van der Waals surface area contributed by atoms with Crippen LogP contribution in [-0.4, -0.2) is 27.7 Å². The number of rotatable bonds is 4. The molecule has 0 unspecified atom stereocenters. The molecule has 0 radical (unpaired) electrons. The van der Waals surface area contributed by atoms with Crippen molar-refractivity contribution in [2.45, 2.75) is 6.42 Å². The smallest absolute Gasteiger partial charge is 0.281 e. The van der Waals surface area contributed by atoms with Gasteiger partial charge in [-0.05, 0) is 40.2 Å². The lowest BCUT2D eigenvalue weighted by molar-refractivity contribution is -0.0576. The number of para-hydroxylation sites is 1. The van der Waals surface area contributed by atoms with Crippen molar-refractivity contribution in [1.29, 1.82) is 0 Å². The highest BCUT2D eigenvalue weighted by molar-refractivity contribution is 9.10. The Labute approximate surface area is 146 Å². The van der Waals surface area contributed by atoms with Crippen LogP contribution in [0.25, 0.3) is 10.9 Å². The molecular weight excluding hydrogens is 375 g/mol. The summed E-state index contributed by atoms with van der Waals surface area (Å²) in [5, 5.41) is 11.5. The van der Waals surface area contributed by atoms with Crippen molar-refractivity contribution in [3.63, 3.8) is 0 Å². The van der Waals surface area contributed by atoms with Crippen molar-refractivity contribution < 1.29 is 14.4 Å². The van der Waals surface area contributed by atoms with Gasteiger partial charge in [-0.2, -0.15) is 0 Å². The van der Waals surface area contributed by atoms with E-state index >= 15 is 0 Å². The highest BCUT2D eigenvalue weighted by Gasteiger charge is 2.20. The molecule has 0 bridgehead atoms. The fourth-order valence-electron chi connectivity index (χ4n) is 2.40. The number of hydrogen-bond donors (Lipinski definition) is 1. The van der Waals surface area contributed by atoms with Gasteiger partial charge in [0.25, 0.3) is 5.91 Å². The molecule has 0 aliphatic heterocycles. The number of hydrogen-bond acceptors (Lipinski definition) is 3. The maximum Gasteiger partial charge on any atom is 0.281 e. The summed E-state index contributed by atoms with van der Waals surface area (Å²) in [5.41, 5.74) is 1.40. The van der Waals surface area contributed by atoms with E-state index in [1.165, 1.54) is 12.1 Å². The fourth-order valence-corrected chi connectivity index (χ4v) is 2.91. The van der Waals surface area contributed by atoms with Crippen molar-refractivity contribution in [2.24, 2.45) is 0 Å². The predicted molar refractivity (Wildman–Crippen MR) is 92.4 cm³/mol. The van der Waals surface area contributed by atoms with Crippen LogP contribution in [0.2, 0.25) is 0 Å². The topological polar surface area (TPSA) is 53.4 Å². The first-order valence-electron chi connectivity index (χ1n) is 7.35. The van der Waals surface area contributed by atoms with Gasteiger partial charge >= 0.3 is 0 Å². The van der Waals surface area contributed by atoms with Crippen molar-refractivity contribution in [2.75, 3.05) is 6.54 Å². The first-order valence-corrected chi connectivity index (χ1v) is 8.15. The zero-order chi connectivity index (χ0) is 17.1. The van der Waals surface area contributed by atoms with Crippen molar-refractivity contribution >= 4 is 32.7 Å². The molecule has 0 aliphatic rings. The van der Waals surface area contributed by atoms with Crippen molar-refractivity contribution in [1.82, 2.24) is 10.0 Å². The van der Waals surface area contributed by atoms with Crippen LogP contribution < -0.4 is 0 Å². The van der Waals surface area contributed by atoms with Gasteiger partial charge in [0.2, 0.25) is 0 Å². The van der Waals surface area contributed by atoms with Gasteiger partial charge in [0, 0.05) is 22.0 Å². The summed E-state index contributed by atoms with van der Waals surface area (Å²) in [6.07, 6.45) is 0.360. The van der Waals surface area contributed by atoms with Crippen LogP contribution >= 0.6 is 15.9 Å². The van der Waals surface area contributed by atoms with Crippen molar-refractivity contribution in [3.8, 4) is 0 Å². The largest absolute Gasteiger partial charge is 0.286 e. The normalized spacial score (nSPS) is 10.8. The number of carbonyl (C=O) groups is 1. The standard InChI is InChI=1S/C18H14BrFN2O2/c19-14-5-3-6-15(20)17(14)18(23)22(24)11-10-13-9-8-12-4-1-2-7-16(12)21-13/h1-9,24H,10-11H2. The third-order valence-electron chi connectivity index (χ3n) is 3.65. The summed E-state index contributed by atoms with van der Waals surface area (Å²) >= 11 is 3.13. The number of benzene rings is 2. The molecule has 6 heteroatoms. The summed E-state index contributed by atoms with van der Waals surface area (Å²) in [6.45, 7) is 0.0188. The van der Waals surface area contributed by atoms with E-state index in [-0.39, 0.29) is 12.1 Å². The highest BCUT2D eigenvalue weighted by Crippen LogP contribution is 2.21. The SMILES string of the molecule is O=C(c1c(F)cccc1Br)N(O)CCc1ccc2ccccc2n1. The third-order valence-corrected chi connectivity index (χ3v) is 4.31. The van der Waals surface area contributed by atoms with Gasteiger partial charge in [0.1, 0.15) is 5.82 Å². The second-order valence-electron chi connectivity index (χ2n) is 5.27. The minimum Gasteiger partial charge on any atom is -0.286 e. The molecule has 1 heterocycles. The van der Waals surface area contributed by atoms with Crippen LogP contribution in [0.5, 0.6) is 0 Å². The molecule has 1 amide bonds. The van der Waals surface area contributed by atoms with Gasteiger partial charge in [-0.25, -0.2) is 9.45 Å². The fraction of sp³-hybridized carbons (Fsp3) is 0.111. The minimum atomic E-state index is -0.791. The number of fused-ring (bicyclic) bond motifs is 1. The molecule has 4 nitrogen and oxygen atoms in total. The third kappa shape index (κ3) is 3.44. The molecule has 3 aromatic rings. The van der Waals surface area contributed by atoms with Gasteiger partial charge in [0.05, 0.1) is 17.6 Å². The Morgan fingerprint density at radius 1 is 1.12 bits per heavy atom. The molecule has 3 rings (SSSR count). The molecule has 0 aliphatic carbocycles. The quantitative estimate of drug-likeness (QED) is 0.537. The van der Waals surface area contributed by atoms with Crippen LogP contribution in [-0.2, 0) is 6.42 Å². The van der Waals surface area contributed by atoms with Crippen LogP contribution in [0.3, 0.4) is 0 Å². The Morgan fingerprint density at radius 3 is 2.71 bits per heavy atom. The van der Waals surface area contributed by atoms with Gasteiger partial charge in [-0.15, -0.1) is 0 Å². The highest BCUT2D eigenvalue weighted by atomic mass is 79.9. The summed E-state index contributed by atoms with van der Waals surface area (Å²) in [6, 6.07) is 15.7. The lowest BCUT2D eigenvalue weighted by Crippen LogP contribution is -2.30. The van der Waals surface area contributed by atoms with Crippen LogP contribution in [0.1, 0.15) is 16.1 Å². The number of nitrogens with zero attached hydrogens (tertiary/aromatic N) is 2. The molecule has 0 fully saturated rings. The van der Waals surface area contributed by atoms with E-state index in [4.69, 9.17) is 0 Å². The van der Waals surface area contributed by atoms with E-state index < -0.39 is 11.7 Å². The minimum absolute atomic E-state index is 0.0188. The van der Waals surface area contributed by atoms with Crippen LogP contribution in [0.4, 0.5) is 4.39 Å². The Balaban J connectivity index is 1.72. The number of hydroxylamine groups is 2. The average Bonchev–Trinajstić information content (AvgIpc) is 2.59. The summed E-state index contributed by atoms with van der Waals surface area (Å²) < 4.78 is 14.1. The Morgan fingerprint density at radius 2 is 1.92 bits per heavy atom. The number of carbonyl (C=O) groups excluding carboxylic acids is 1. The summed E-state index contributed by atoms with van der Waals surface area (Å²) in [7, 11) is 0. The maximum atomic E-state index is 13.8. The maximum absolute atomic E-state index is 13.8. The van der Waals surface area contributed by atoms with E-state index in [1.54, 1.807) is 6.07 Å². The molecular formula is C18H14BrFN2O2. The molecule has 24 heavy (non-hydrogen) atoms. The lowest BCUT2D eigenvalue weighted by atomic mass is 10.1. The molecule has 0 saturated heterocycles. The van der Waals surface area contributed by atoms with E-state index in [9.17, 15) is 14.4 Å². The first-order chi connectivity index (χ1) is 11.6. The number of halogens is 2. The van der Waals surface area contributed by atoms with Gasteiger partial charge in [0.15, 0.2) is 0 Å². The van der Waals surface area contributed by atoms with E-state index in [2.05, 4.69) is 20.9 Å². The van der Waals surface area contributed by atoms with Gasteiger partial charge in [-0.1, -0.05) is 30.3 Å². The molecule has 1 aromatic heterocycles. The number of amides is 1. The zero-order valence-corrected chi connectivity index (χ0v) is 14.2. The Kier molecular flexibility index (Phi) is 4.87. The zero-order valence-electron chi connectivity index (χ0n) is 12.6. The Hall–Kier alpha value is -2.31. The van der Waals surface area contributed by atoms with Gasteiger partial charge in [-0.3, -0.25) is 15.0 Å². The molecule has 2 aromatic carbocycles. The molecule has 0 spiro atoms. The summed E-state index contributed by atoms with van der Waals surface area (Å²) in [5.74, 6) is -1.47. The monoisotopic (exact) mass is 388 g/mol. The molecule has 0 atom stereocenters. The summed E-state index contributed by atoms with van der Waals surface area (Å²) in [4.78, 5) is 16.7. The second-order valence-corrected chi connectivity index (χ2v) is 6.12. The van der Waals surface area contributed by atoms with E-state index in [1.807, 2.05) is 36.4 Å². The molecule has 0 saturated carbocycles. The average molecular weight is 389 g/mol. The van der Waals surface area contributed by atoms with Crippen LogP contribution in [0.15, 0.2) is 59.1 Å². The predicted octanol–water partition coefficient (Wildman–Crippen LogP) is 4.21. The molecule has 1 N–H and O–H groups in total. The van der Waals surface area contributed by atoms with Crippen molar-refractivity contribution in [3.05, 3.63) is 76.1 Å². The lowest BCUT2D eigenvalue weighted by Gasteiger charge is -2.16. The number of pyridine rings is 1. The van der Waals surface area contributed by atoms with E-state index in [0.717, 1.165) is 16.6 Å². The number of aromatic nitrogens is 1. The van der Waals surface area contributed by atoms with Gasteiger partial charge < -0.3 is 0 Å². The first kappa shape index (κ1) is 16.5. The van der Waals surface area contributed by atoms with E-state index in [0.29, 0.717) is 16.0 Å².